The van der Waals surface area contributed by atoms with E-state index in [-0.39, 0.29) is 57.3 Å². The zero-order chi connectivity index (χ0) is 30.5. The molecule has 5 aliphatic carbocycles. The lowest BCUT2D eigenvalue weighted by atomic mass is 9.35. The first-order valence-corrected chi connectivity index (χ1v) is 15.9. The Labute approximate surface area is 246 Å². The highest BCUT2D eigenvalue weighted by Gasteiger charge is 2.73. The van der Waals surface area contributed by atoms with E-state index in [0.717, 1.165) is 19.3 Å². The molecular formula is C34H54O7. The molecule has 232 valence electrons. The molecule has 7 heteroatoms. The minimum absolute atomic E-state index is 0.0244. The van der Waals surface area contributed by atoms with E-state index >= 15 is 0 Å². The molecule has 0 amide bonds. The van der Waals surface area contributed by atoms with Gasteiger partial charge in [-0.05, 0) is 77.9 Å². The molecule has 0 radical (unpaired) electrons. The third-order valence-electron chi connectivity index (χ3n) is 13.7. The number of hydrogen-bond acceptors (Lipinski definition) is 7. The average molecular weight is 575 g/mol. The summed E-state index contributed by atoms with van der Waals surface area (Å²) in [5.41, 5.74) is -0.580. The van der Waals surface area contributed by atoms with Crippen LogP contribution in [0.1, 0.15) is 101 Å². The lowest BCUT2D eigenvalue weighted by Gasteiger charge is -2.70. The predicted molar refractivity (Wildman–Crippen MR) is 155 cm³/mol. The van der Waals surface area contributed by atoms with Crippen LogP contribution in [0.4, 0.5) is 0 Å². The van der Waals surface area contributed by atoms with Crippen molar-refractivity contribution in [2.24, 2.45) is 56.7 Å². The average Bonchev–Trinajstić information content (AvgIpc) is 3.17. The minimum Gasteiger partial charge on any atom is -0.465 e. The molecule has 0 aromatic carbocycles. The maximum atomic E-state index is 12.1. The van der Waals surface area contributed by atoms with Crippen LogP contribution in [0.2, 0.25) is 0 Å². The van der Waals surface area contributed by atoms with Gasteiger partial charge >= 0.3 is 11.9 Å². The Morgan fingerprint density at radius 3 is 2.20 bits per heavy atom. The van der Waals surface area contributed by atoms with E-state index in [4.69, 9.17) is 9.47 Å². The summed E-state index contributed by atoms with van der Waals surface area (Å²) in [7, 11) is 0. The van der Waals surface area contributed by atoms with Crippen molar-refractivity contribution in [2.45, 2.75) is 125 Å². The van der Waals surface area contributed by atoms with Crippen LogP contribution in [0.15, 0.2) is 11.6 Å². The van der Waals surface area contributed by atoms with Gasteiger partial charge in [0.25, 0.3) is 0 Å². The maximum Gasteiger partial charge on any atom is 0.302 e. The molecule has 5 aliphatic rings. The van der Waals surface area contributed by atoms with E-state index in [2.05, 4.69) is 40.7 Å². The topological polar surface area (TPSA) is 113 Å². The van der Waals surface area contributed by atoms with E-state index in [1.165, 1.54) is 19.4 Å². The first-order valence-electron chi connectivity index (χ1n) is 15.9. The van der Waals surface area contributed by atoms with Gasteiger partial charge in [0.1, 0.15) is 6.10 Å². The number of carbonyl (C=O) groups is 2. The summed E-state index contributed by atoms with van der Waals surface area (Å²) < 4.78 is 11.5. The van der Waals surface area contributed by atoms with Crippen LogP contribution in [0.25, 0.3) is 0 Å². The van der Waals surface area contributed by atoms with Gasteiger partial charge in [-0.1, -0.05) is 60.1 Å². The Bertz CT molecular complexity index is 1110. The number of ether oxygens (including phenoxy) is 2. The molecule has 0 saturated heterocycles. The van der Waals surface area contributed by atoms with Crippen molar-refractivity contribution < 1.29 is 34.4 Å². The highest BCUT2D eigenvalue weighted by molar-refractivity contribution is 5.66. The van der Waals surface area contributed by atoms with Gasteiger partial charge in [-0.3, -0.25) is 9.59 Å². The van der Waals surface area contributed by atoms with Gasteiger partial charge < -0.3 is 24.8 Å². The number of hydrogen-bond donors (Lipinski definition) is 3. The summed E-state index contributed by atoms with van der Waals surface area (Å²) in [6.07, 6.45) is 4.13. The van der Waals surface area contributed by atoms with Gasteiger partial charge in [-0.15, -0.1) is 0 Å². The number of aliphatic hydroxyl groups excluding tert-OH is 3. The van der Waals surface area contributed by atoms with E-state index in [0.29, 0.717) is 31.8 Å². The summed E-state index contributed by atoms with van der Waals surface area (Å²) in [6.45, 7) is 18.6. The van der Waals surface area contributed by atoms with Gasteiger partial charge in [-0.25, -0.2) is 0 Å². The first kappa shape index (κ1) is 31.0. The first-order chi connectivity index (χ1) is 18.9. The van der Waals surface area contributed by atoms with Crippen LogP contribution in [-0.4, -0.2) is 58.3 Å². The monoisotopic (exact) mass is 574 g/mol. The van der Waals surface area contributed by atoms with Crippen LogP contribution in [0.5, 0.6) is 0 Å². The van der Waals surface area contributed by atoms with Crippen LogP contribution in [0.3, 0.4) is 0 Å². The molecule has 0 spiro atoms. The Balaban J connectivity index is 1.62. The molecule has 0 unspecified atom stereocenters. The van der Waals surface area contributed by atoms with Crippen molar-refractivity contribution in [3.8, 4) is 0 Å². The van der Waals surface area contributed by atoms with Crippen LogP contribution >= 0.6 is 0 Å². The summed E-state index contributed by atoms with van der Waals surface area (Å²) >= 11 is 0. The fraction of sp³-hybridized carbons (Fsp3) is 0.882. The molecule has 12 atom stereocenters. The van der Waals surface area contributed by atoms with Crippen molar-refractivity contribution in [2.75, 3.05) is 6.61 Å². The van der Waals surface area contributed by atoms with Crippen molar-refractivity contribution in [1.29, 1.82) is 0 Å². The number of allylic oxidation sites excluding steroid dienone is 1. The molecule has 0 bridgehead atoms. The van der Waals surface area contributed by atoms with E-state index < -0.39 is 29.8 Å². The fourth-order valence-electron chi connectivity index (χ4n) is 11.9. The molecule has 3 N–H and O–H groups in total. The van der Waals surface area contributed by atoms with Gasteiger partial charge in [0, 0.05) is 31.1 Å². The molecule has 0 aromatic heterocycles. The Morgan fingerprint density at radius 1 is 0.951 bits per heavy atom. The molecule has 0 aliphatic heterocycles. The Hall–Kier alpha value is -1.44. The Morgan fingerprint density at radius 2 is 1.61 bits per heavy atom. The number of carbonyl (C=O) groups excluding carboxylic acids is 2. The smallest absolute Gasteiger partial charge is 0.302 e. The Kier molecular flexibility index (Phi) is 7.40. The van der Waals surface area contributed by atoms with Gasteiger partial charge in [0.15, 0.2) is 0 Å². The number of rotatable bonds is 4. The number of esters is 2. The molecule has 0 aromatic rings. The second kappa shape index (κ2) is 9.79. The minimum atomic E-state index is -0.809. The SMILES string of the molecule is CC(=O)OC[C@@]12CC[C@@]3(C)[C@H]4C(=CC[C@]3(C)[C@@H]1[C@H](O)C[C@H]2C(C)C)[C@@]1(C)C[C@@H](OC(C)=O)[C@H](O)C(C)(C)[C@@H]1C[C@@H]4O. The lowest BCUT2D eigenvalue weighted by molar-refractivity contribution is -0.227. The number of aliphatic hydroxyl groups is 3. The number of fused-ring (bicyclic) bond motifs is 7. The molecule has 7 nitrogen and oxygen atoms in total. The largest absolute Gasteiger partial charge is 0.465 e. The summed E-state index contributed by atoms with van der Waals surface area (Å²) in [6, 6.07) is 0. The lowest BCUT2D eigenvalue weighted by Crippen LogP contribution is -2.68. The fourth-order valence-corrected chi connectivity index (χ4v) is 11.9. The maximum absolute atomic E-state index is 12.1. The van der Waals surface area contributed by atoms with Crippen molar-refractivity contribution in [3.05, 3.63) is 11.6 Å². The van der Waals surface area contributed by atoms with Crippen molar-refractivity contribution >= 4 is 11.9 Å². The van der Waals surface area contributed by atoms with Crippen molar-refractivity contribution in [3.63, 3.8) is 0 Å². The van der Waals surface area contributed by atoms with E-state index in [9.17, 15) is 24.9 Å². The summed E-state index contributed by atoms with van der Waals surface area (Å²) in [5.74, 6) is -0.215. The quantitative estimate of drug-likeness (QED) is 0.318. The normalized spacial score (nSPS) is 50.1. The zero-order valence-corrected chi connectivity index (χ0v) is 26.7. The van der Waals surface area contributed by atoms with Crippen LogP contribution in [0, 0.1) is 56.7 Å². The summed E-state index contributed by atoms with van der Waals surface area (Å²) in [5, 5.41) is 35.2. The standard InChI is InChI=1S/C34H54O7/c1-18(2)22-14-24(38)28-33(9)11-10-21-27(32(33,8)12-13-34(22,28)17-40-19(3)35)23(37)15-26-30(5,6)29(39)25(41-20(4)36)16-31(21,26)7/h10,18,22-29,37-39H,11-17H2,1-9H3/t22-,23-,24+,25+,26-,27-,28-,29-,31+,32-,33+,34+/m0/s1. The molecule has 4 saturated carbocycles. The van der Waals surface area contributed by atoms with Gasteiger partial charge in [0.2, 0.25) is 0 Å². The third kappa shape index (κ3) is 4.14. The van der Waals surface area contributed by atoms with Gasteiger partial charge in [0.05, 0.1) is 24.9 Å². The van der Waals surface area contributed by atoms with Crippen LogP contribution < -0.4 is 0 Å². The summed E-state index contributed by atoms with van der Waals surface area (Å²) in [4.78, 5) is 24.1. The van der Waals surface area contributed by atoms with Crippen molar-refractivity contribution in [1.82, 2.24) is 0 Å². The van der Waals surface area contributed by atoms with E-state index in [1.807, 2.05) is 13.8 Å². The highest BCUT2D eigenvalue weighted by atomic mass is 16.6. The van der Waals surface area contributed by atoms with E-state index in [1.54, 1.807) is 0 Å². The second-order valence-electron chi connectivity index (χ2n) is 16.2. The molecule has 4 fully saturated rings. The highest BCUT2D eigenvalue weighted by Crippen LogP contribution is 2.76. The molecular weight excluding hydrogens is 520 g/mol. The predicted octanol–water partition coefficient (Wildman–Crippen LogP) is 5.05. The molecule has 5 rings (SSSR count). The second-order valence-corrected chi connectivity index (χ2v) is 16.2. The third-order valence-corrected chi connectivity index (χ3v) is 13.7. The van der Waals surface area contributed by atoms with Gasteiger partial charge in [-0.2, -0.15) is 0 Å². The van der Waals surface area contributed by atoms with Crippen LogP contribution in [-0.2, 0) is 19.1 Å². The molecule has 41 heavy (non-hydrogen) atoms. The zero-order valence-electron chi connectivity index (χ0n) is 26.7. The molecule has 0 heterocycles.